The zero-order chi connectivity index (χ0) is 24.6. The van der Waals surface area contributed by atoms with Gasteiger partial charge in [0.1, 0.15) is 6.61 Å². The van der Waals surface area contributed by atoms with Crippen LogP contribution in [-0.4, -0.2) is 41.5 Å². The van der Waals surface area contributed by atoms with E-state index in [0.29, 0.717) is 40.7 Å². The lowest BCUT2D eigenvalue weighted by Crippen LogP contribution is -2.31. The van der Waals surface area contributed by atoms with Crippen molar-refractivity contribution in [1.82, 2.24) is 14.9 Å². The topological polar surface area (TPSA) is 82.5 Å². The van der Waals surface area contributed by atoms with Crippen LogP contribution in [0.15, 0.2) is 88.8 Å². The van der Waals surface area contributed by atoms with Crippen molar-refractivity contribution >= 4 is 28.6 Å². The predicted octanol–water partition coefficient (Wildman–Crippen LogP) is 4.30. The summed E-state index contributed by atoms with van der Waals surface area (Å²) in [4.78, 5) is 30.6. The van der Waals surface area contributed by atoms with Crippen molar-refractivity contribution < 1.29 is 14.3 Å². The average molecular weight is 490 g/mol. The van der Waals surface area contributed by atoms with Gasteiger partial charge in [-0.25, -0.2) is 4.98 Å². The van der Waals surface area contributed by atoms with E-state index in [1.54, 1.807) is 17.7 Å². The fraction of sp³-hybridized carbons (Fsp3) is 0.222. The van der Waals surface area contributed by atoms with E-state index >= 15 is 0 Å². The first-order chi connectivity index (χ1) is 17.1. The van der Waals surface area contributed by atoms with Crippen LogP contribution in [0.1, 0.15) is 18.5 Å². The minimum absolute atomic E-state index is 0.125. The molecule has 1 aromatic heterocycles. The summed E-state index contributed by atoms with van der Waals surface area (Å²) >= 11 is 1.25. The third kappa shape index (κ3) is 5.84. The second kappa shape index (κ2) is 11.6. The highest BCUT2D eigenvalue weighted by atomic mass is 32.2. The van der Waals surface area contributed by atoms with Crippen molar-refractivity contribution in [3.63, 3.8) is 0 Å². The number of fused-ring (bicyclic) bond motifs is 1. The zero-order valence-electron chi connectivity index (χ0n) is 19.6. The highest BCUT2D eigenvalue weighted by molar-refractivity contribution is 7.99. The van der Waals surface area contributed by atoms with Gasteiger partial charge in [0, 0.05) is 0 Å². The molecule has 1 atom stereocenters. The summed E-state index contributed by atoms with van der Waals surface area (Å²) in [6.45, 7) is 2.61. The van der Waals surface area contributed by atoms with E-state index in [1.165, 1.54) is 11.8 Å². The van der Waals surface area contributed by atoms with Crippen LogP contribution in [0.3, 0.4) is 0 Å². The molecule has 4 rings (SSSR count). The van der Waals surface area contributed by atoms with Gasteiger partial charge in [-0.3, -0.25) is 14.2 Å². The van der Waals surface area contributed by atoms with Crippen LogP contribution >= 0.6 is 11.8 Å². The number of rotatable bonds is 10. The Morgan fingerprint density at radius 1 is 1.00 bits per heavy atom. The fourth-order valence-electron chi connectivity index (χ4n) is 3.72. The van der Waals surface area contributed by atoms with Crippen LogP contribution in [0.4, 0.5) is 0 Å². The normalized spacial score (nSPS) is 11.7. The second-order valence-corrected chi connectivity index (χ2v) is 8.75. The number of methoxy groups -OCH3 is 1. The highest BCUT2D eigenvalue weighted by Gasteiger charge is 2.18. The molecule has 0 saturated carbocycles. The number of para-hydroxylation sites is 3. The summed E-state index contributed by atoms with van der Waals surface area (Å²) in [5, 5.41) is 3.91. The summed E-state index contributed by atoms with van der Waals surface area (Å²) in [5.74, 6) is 1.22. The number of thioether (sulfide) groups is 1. The molecule has 1 N–H and O–H groups in total. The maximum Gasteiger partial charge on any atom is 0.262 e. The van der Waals surface area contributed by atoms with Gasteiger partial charge in [0.05, 0.1) is 36.4 Å². The predicted molar refractivity (Wildman–Crippen MR) is 138 cm³/mol. The summed E-state index contributed by atoms with van der Waals surface area (Å²) in [6.07, 6.45) is 0. The quantitative estimate of drug-likeness (QED) is 0.203. The van der Waals surface area contributed by atoms with Crippen molar-refractivity contribution in [2.45, 2.75) is 18.1 Å². The smallest absolute Gasteiger partial charge is 0.262 e. The van der Waals surface area contributed by atoms with E-state index < -0.39 is 0 Å². The first-order valence-corrected chi connectivity index (χ1v) is 12.3. The van der Waals surface area contributed by atoms with E-state index in [-0.39, 0.29) is 23.3 Å². The number of carbonyl (C=O) groups is 1. The Bertz CT molecular complexity index is 1360. The number of hydrogen-bond acceptors (Lipinski definition) is 6. The summed E-state index contributed by atoms with van der Waals surface area (Å²) < 4.78 is 12.6. The first kappa shape index (κ1) is 24.3. The summed E-state index contributed by atoms with van der Waals surface area (Å²) in [5.41, 5.74) is 1.48. The molecule has 180 valence electrons. The molecule has 0 radical (unpaired) electrons. The van der Waals surface area contributed by atoms with Crippen LogP contribution < -0.4 is 20.3 Å². The van der Waals surface area contributed by atoms with Crippen LogP contribution in [0.2, 0.25) is 0 Å². The maximum absolute atomic E-state index is 13.4. The molecule has 1 unspecified atom stereocenters. The van der Waals surface area contributed by atoms with Crippen LogP contribution in [0, 0.1) is 0 Å². The number of benzene rings is 3. The molecule has 0 aliphatic heterocycles. The van der Waals surface area contributed by atoms with Crippen molar-refractivity contribution in [2.24, 2.45) is 0 Å². The molecule has 0 spiro atoms. The summed E-state index contributed by atoms with van der Waals surface area (Å²) in [7, 11) is 1.58. The zero-order valence-corrected chi connectivity index (χ0v) is 20.5. The van der Waals surface area contributed by atoms with Crippen LogP contribution in [-0.2, 0) is 4.79 Å². The first-order valence-electron chi connectivity index (χ1n) is 11.3. The van der Waals surface area contributed by atoms with E-state index in [0.717, 1.165) is 5.56 Å². The standard InChI is InChI=1S/C27H27N3O4S/c1-19(20-10-4-3-5-11-20)30-26(32)21-12-6-7-13-22(21)29-27(30)35-18-25(31)28-16-17-34-24-15-9-8-14-23(24)33-2/h3-15,19H,16-18H2,1-2H3,(H,28,31). The monoisotopic (exact) mass is 489 g/mol. The SMILES string of the molecule is COc1ccccc1OCCNC(=O)CSc1nc2ccccc2c(=O)n1C(C)c1ccccc1. The molecule has 0 aliphatic rings. The Morgan fingerprint density at radius 2 is 1.69 bits per heavy atom. The van der Waals surface area contributed by atoms with E-state index in [9.17, 15) is 9.59 Å². The van der Waals surface area contributed by atoms with Gasteiger partial charge in [-0.1, -0.05) is 66.4 Å². The number of aromatic nitrogens is 2. The molecule has 3 aromatic carbocycles. The lowest BCUT2D eigenvalue weighted by molar-refractivity contribution is -0.118. The second-order valence-electron chi connectivity index (χ2n) is 7.81. The van der Waals surface area contributed by atoms with Gasteiger partial charge in [0.2, 0.25) is 5.91 Å². The van der Waals surface area contributed by atoms with Crippen molar-refractivity contribution in [2.75, 3.05) is 26.0 Å². The Hall–Kier alpha value is -3.78. The number of ether oxygens (including phenoxy) is 2. The van der Waals surface area contributed by atoms with Crippen molar-refractivity contribution in [3.05, 3.63) is 94.8 Å². The molecule has 35 heavy (non-hydrogen) atoms. The van der Waals surface area contributed by atoms with E-state index in [1.807, 2.05) is 79.7 Å². The largest absolute Gasteiger partial charge is 0.493 e. The van der Waals surface area contributed by atoms with E-state index in [4.69, 9.17) is 14.5 Å². The molecule has 0 saturated heterocycles. The fourth-order valence-corrected chi connectivity index (χ4v) is 4.63. The van der Waals surface area contributed by atoms with E-state index in [2.05, 4.69) is 5.32 Å². The third-order valence-corrected chi connectivity index (χ3v) is 6.48. The number of carbonyl (C=O) groups excluding carboxylic acids is 1. The summed E-state index contributed by atoms with van der Waals surface area (Å²) in [6, 6.07) is 24.2. The van der Waals surface area contributed by atoms with Gasteiger partial charge in [0.25, 0.3) is 5.56 Å². The Labute approximate surface area is 208 Å². The van der Waals surface area contributed by atoms with Gasteiger partial charge < -0.3 is 14.8 Å². The Balaban J connectivity index is 1.44. The lowest BCUT2D eigenvalue weighted by atomic mass is 10.1. The Kier molecular flexibility index (Phi) is 8.05. The highest BCUT2D eigenvalue weighted by Crippen LogP contribution is 2.26. The van der Waals surface area contributed by atoms with Crippen molar-refractivity contribution in [3.8, 4) is 11.5 Å². The molecule has 0 fully saturated rings. The number of amides is 1. The van der Waals surface area contributed by atoms with Crippen LogP contribution in [0.5, 0.6) is 11.5 Å². The molecule has 1 heterocycles. The molecule has 4 aromatic rings. The van der Waals surface area contributed by atoms with Gasteiger partial charge in [0.15, 0.2) is 16.7 Å². The Morgan fingerprint density at radius 3 is 2.46 bits per heavy atom. The van der Waals surface area contributed by atoms with Gasteiger partial charge in [-0.2, -0.15) is 0 Å². The maximum atomic E-state index is 13.4. The average Bonchev–Trinajstić information content (AvgIpc) is 2.90. The van der Waals surface area contributed by atoms with Crippen LogP contribution in [0.25, 0.3) is 10.9 Å². The number of hydrogen-bond donors (Lipinski definition) is 1. The molecular formula is C27H27N3O4S. The number of nitrogens with one attached hydrogen (secondary N) is 1. The molecule has 8 heteroatoms. The van der Waals surface area contributed by atoms with Gasteiger partial charge in [-0.15, -0.1) is 0 Å². The lowest BCUT2D eigenvalue weighted by Gasteiger charge is -2.20. The number of nitrogens with zero attached hydrogens (tertiary/aromatic N) is 2. The molecule has 7 nitrogen and oxygen atoms in total. The molecule has 1 amide bonds. The van der Waals surface area contributed by atoms with Gasteiger partial charge in [-0.05, 0) is 36.8 Å². The van der Waals surface area contributed by atoms with Crippen molar-refractivity contribution in [1.29, 1.82) is 0 Å². The minimum Gasteiger partial charge on any atom is -0.493 e. The molecule has 0 bridgehead atoms. The molecule has 0 aliphatic carbocycles. The van der Waals surface area contributed by atoms with Gasteiger partial charge >= 0.3 is 0 Å². The molecular weight excluding hydrogens is 462 g/mol. The minimum atomic E-state index is -0.236. The third-order valence-electron chi connectivity index (χ3n) is 5.53.